The molecule has 0 bridgehead atoms. The van der Waals surface area contributed by atoms with Crippen molar-refractivity contribution in [1.29, 1.82) is 5.26 Å². The maximum atomic E-state index is 10.7. The lowest BCUT2D eigenvalue weighted by atomic mass is 10.0. The van der Waals surface area contributed by atoms with Crippen LogP contribution in [0.15, 0.2) is 182 Å². The van der Waals surface area contributed by atoms with Crippen molar-refractivity contribution in [2.75, 3.05) is 0 Å². The first-order valence-electron chi connectivity index (χ1n) is 20.8. The Kier molecular flexibility index (Phi) is 6.34. The minimum absolute atomic E-state index is 0.518. The van der Waals surface area contributed by atoms with E-state index in [9.17, 15) is 11.8 Å². The zero-order valence-electron chi connectivity index (χ0n) is 33.0. The van der Waals surface area contributed by atoms with Gasteiger partial charge in [-0.15, -0.1) is 0 Å². The van der Waals surface area contributed by atoms with Gasteiger partial charge in [-0.2, -0.15) is 5.26 Å². The number of benzene rings is 9. The van der Waals surface area contributed by atoms with E-state index in [4.69, 9.17) is 4.85 Å². The molecule has 0 saturated carbocycles. The molecule has 0 spiro atoms. The molecule has 0 aliphatic carbocycles. The van der Waals surface area contributed by atoms with Gasteiger partial charge in [0.2, 0.25) is 5.69 Å². The molecule has 62 heavy (non-hydrogen) atoms. The van der Waals surface area contributed by atoms with Crippen molar-refractivity contribution < 1.29 is 0 Å². The smallest absolute Gasteiger partial charge is 0.236 e. The number of rotatable bonds is 3. The minimum Gasteiger partial charge on any atom is -0.318 e. The molecule has 5 aromatic heterocycles. The van der Waals surface area contributed by atoms with E-state index in [2.05, 4.69) is 194 Å². The third kappa shape index (κ3) is 3.97. The van der Waals surface area contributed by atoms with Crippen molar-refractivity contribution >= 4 is 109 Å². The number of aromatic nitrogens is 4. The van der Waals surface area contributed by atoms with Gasteiger partial charge in [-0.05, 0) is 54.6 Å². The van der Waals surface area contributed by atoms with E-state index in [1.165, 1.54) is 0 Å². The van der Waals surface area contributed by atoms with E-state index in [1.54, 1.807) is 0 Å². The maximum absolute atomic E-state index is 10.7. The summed E-state index contributed by atoms with van der Waals surface area (Å²) in [5, 5.41) is 21.4. The lowest BCUT2D eigenvalue weighted by Gasteiger charge is -2.24. The highest BCUT2D eigenvalue weighted by molar-refractivity contribution is 6.30. The second-order valence-electron chi connectivity index (χ2n) is 16.2. The summed E-state index contributed by atoms with van der Waals surface area (Å²) in [5.74, 6) is 0. The van der Waals surface area contributed by atoms with Crippen LogP contribution in [0, 0.1) is 17.9 Å². The molecule has 0 aliphatic rings. The van der Waals surface area contributed by atoms with Crippen LogP contribution in [0.4, 0.5) is 5.69 Å². The topological polar surface area (TPSA) is 47.3 Å². The molecule has 6 nitrogen and oxygen atoms in total. The molecule has 0 radical (unpaired) electrons. The fraction of sp³-hybridized carbons (Fsp3) is 0. The van der Waals surface area contributed by atoms with Crippen molar-refractivity contribution in [3.05, 3.63) is 199 Å². The largest absolute Gasteiger partial charge is 0.318 e. The number of para-hydroxylation sites is 7. The van der Waals surface area contributed by atoms with Gasteiger partial charge in [-0.1, -0.05) is 127 Å². The van der Waals surface area contributed by atoms with Gasteiger partial charge in [0.1, 0.15) is 0 Å². The van der Waals surface area contributed by atoms with E-state index in [0.717, 1.165) is 121 Å². The second-order valence-corrected chi connectivity index (χ2v) is 16.2. The maximum Gasteiger partial charge on any atom is 0.236 e. The average Bonchev–Trinajstić information content (AvgIpc) is 4.12. The Balaban J connectivity index is 1.39. The highest BCUT2D eigenvalue weighted by atomic mass is 15.1. The molecule has 14 rings (SSSR count). The highest BCUT2D eigenvalue weighted by Gasteiger charge is 2.34. The number of hydrogen-bond acceptors (Lipinski definition) is 1. The van der Waals surface area contributed by atoms with E-state index >= 15 is 0 Å². The summed E-state index contributed by atoms with van der Waals surface area (Å²) in [6.07, 6.45) is 0. The Labute approximate surface area is 353 Å². The van der Waals surface area contributed by atoms with E-state index in [-0.39, 0.29) is 0 Å². The first-order valence-corrected chi connectivity index (χ1v) is 20.8. The summed E-state index contributed by atoms with van der Waals surface area (Å²) in [4.78, 5) is 4.75. The van der Waals surface area contributed by atoms with Crippen molar-refractivity contribution in [2.24, 2.45) is 0 Å². The van der Waals surface area contributed by atoms with Gasteiger partial charge in [0.05, 0.1) is 84.9 Å². The standard InChI is InChI=1S/C56H30N6/c1-58-51-53(59-43-23-9-2-16-34(43)35-17-3-10-24-44(35)59)50-42-31-33(32-57)30-41-40-22-8-15-29-49(40)62(52(41)42)54(50)56(61-47-27-13-6-20-38(47)39-21-7-14-28-48(39)61)55(51)60-45-25-11-4-18-36(45)37-19-5-12-26-46(37)60/h2-31H. The van der Waals surface area contributed by atoms with Gasteiger partial charge < -0.3 is 18.1 Å². The van der Waals surface area contributed by atoms with Crippen LogP contribution in [0.5, 0.6) is 0 Å². The minimum atomic E-state index is 0.518. The summed E-state index contributed by atoms with van der Waals surface area (Å²) >= 11 is 0. The third-order valence-electron chi connectivity index (χ3n) is 13.3. The molecular weight excluding hydrogens is 757 g/mol. The lowest BCUT2D eigenvalue weighted by Crippen LogP contribution is -2.09. The predicted octanol–water partition coefficient (Wildman–Crippen LogP) is 14.6. The van der Waals surface area contributed by atoms with Crippen LogP contribution in [0.2, 0.25) is 0 Å². The van der Waals surface area contributed by atoms with E-state index < -0.39 is 0 Å². The van der Waals surface area contributed by atoms with Gasteiger partial charge in [-0.3, -0.25) is 0 Å². The molecule has 6 heteroatoms. The summed E-state index contributed by atoms with van der Waals surface area (Å²) in [6, 6.07) is 66.6. The van der Waals surface area contributed by atoms with Crippen molar-refractivity contribution in [2.45, 2.75) is 0 Å². The first-order chi connectivity index (χ1) is 30.7. The molecule has 0 unspecified atom stereocenters. The molecule has 0 N–H and O–H groups in total. The molecule has 284 valence electrons. The molecule has 0 atom stereocenters. The Morgan fingerprint density at radius 3 is 1.11 bits per heavy atom. The van der Waals surface area contributed by atoms with Gasteiger partial charge in [-0.25, -0.2) is 4.85 Å². The van der Waals surface area contributed by atoms with Gasteiger partial charge in [0.15, 0.2) is 0 Å². The number of nitrogens with zero attached hydrogens (tertiary/aromatic N) is 6. The number of hydrogen-bond donors (Lipinski definition) is 0. The third-order valence-corrected chi connectivity index (χ3v) is 13.3. The zero-order chi connectivity index (χ0) is 40.8. The summed E-state index contributed by atoms with van der Waals surface area (Å²) in [5.41, 5.74) is 12.7. The Morgan fingerprint density at radius 1 is 0.371 bits per heavy atom. The van der Waals surface area contributed by atoms with E-state index in [1.807, 2.05) is 12.1 Å². The zero-order valence-corrected chi connectivity index (χ0v) is 33.0. The fourth-order valence-electron chi connectivity index (χ4n) is 11.0. The monoisotopic (exact) mass is 786 g/mol. The average molecular weight is 787 g/mol. The molecule has 0 amide bonds. The molecule has 14 aromatic rings. The van der Waals surface area contributed by atoms with Crippen LogP contribution in [0.3, 0.4) is 0 Å². The van der Waals surface area contributed by atoms with E-state index in [0.29, 0.717) is 11.3 Å². The quantitative estimate of drug-likeness (QED) is 0.165. The Hall–Kier alpha value is -8.84. The van der Waals surface area contributed by atoms with Crippen LogP contribution < -0.4 is 0 Å². The van der Waals surface area contributed by atoms with Crippen molar-refractivity contribution in [3.63, 3.8) is 0 Å². The van der Waals surface area contributed by atoms with Gasteiger partial charge >= 0.3 is 0 Å². The number of fused-ring (bicyclic) bond motifs is 15. The summed E-state index contributed by atoms with van der Waals surface area (Å²) in [6.45, 7) is 9.58. The van der Waals surface area contributed by atoms with Crippen LogP contribution >= 0.6 is 0 Å². The molecule has 0 fully saturated rings. The lowest BCUT2D eigenvalue weighted by molar-refractivity contribution is 1.09. The summed E-state index contributed by atoms with van der Waals surface area (Å²) < 4.78 is 9.51. The Bertz CT molecular complexity index is 4200. The second kappa shape index (κ2) is 11.9. The van der Waals surface area contributed by atoms with Crippen LogP contribution in [0.25, 0.3) is 125 Å². The van der Waals surface area contributed by atoms with Crippen LogP contribution in [-0.2, 0) is 0 Å². The molecular formula is C56H30N6. The van der Waals surface area contributed by atoms with Gasteiger partial charge in [0, 0.05) is 53.9 Å². The first kappa shape index (κ1) is 33.0. The summed E-state index contributed by atoms with van der Waals surface area (Å²) in [7, 11) is 0. The molecule has 5 heterocycles. The van der Waals surface area contributed by atoms with Crippen molar-refractivity contribution in [3.8, 4) is 23.1 Å². The highest BCUT2D eigenvalue weighted by Crippen LogP contribution is 2.54. The van der Waals surface area contributed by atoms with Crippen molar-refractivity contribution in [1.82, 2.24) is 18.1 Å². The fourth-order valence-corrected chi connectivity index (χ4v) is 11.0. The number of nitriles is 1. The molecule has 0 saturated heterocycles. The van der Waals surface area contributed by atoms with Crippen LogP contribution in [-0.4, -0.2) is 18.1 Å². The normalized spacial score (nSPS) is 12.2. The van der Waals surface area contributed by atoms with Gasteiger partial charge in [0.25, 0.3) is 0 Å². The Morgan fingerprint density at radius 2 is 0.710 bits per heavy atom. The molecule has 0 aliphatic heterocycles. The predicted molar refractivity (Wildman–Crippen MR) is 255 cm³/mol. The van der Waals surface area contributed by atoms with Crippen LogP contribution in [0.1, 0.15) is 5.56 Å². The molecule has 9 aromatic carbocycles. The SMILES string of the molecule is [C-]#[N+]c1c(-n2c3ccccc3c3ccccc32)c(-n2c3ccccc3c3ccccc32)c2c(c1-n1c3ccccc3c3ccccc31)c1cc(C#N)cc3c4ccccc4n2c31.